The lowest BCUT2D eigenvalue weighted by Gasteiger charge is -2.16. The third-order valence-electron chi connectivity index (χ3n) is 6.05. The van der Waals surface area contributed by atoms with Crippen molar-refractivity contribution in [3.05, 3.63) is 111 Å². The van der Waals surface area contributed by atoms with Gasteiger partial charge in [-0.1, -0.05) is 42.5 Å². The third-order valence-corrected chi connectivity index (χ3v) is 6.05. The number of aromatic amines is 1. The van der Waals surface area contributed by atoms with Crippen LogP contribution in [0, 0.1) is 6.92 Å². The number of hydrogen-bond acceptors (Lipinski definition) is 2. The highest BCUT2D eigenvalue weighted by Crippen LogP contribution is 2.27. The molecule has 0 aliphatic rings. The molecule has 0 atom stereocenters. The van der Waals surface area contributed by atoms with Crippen molar-refractivity contribution in [2.75, 3.05) is 0 Å². The van der Waals surface area contributed by atoms with E-state index in [2.05, 4.69) is 9.55 Å². The van der Waals surface area contributed by atoms with E-state index in [4.69, 9.17) is 0 Å². The molecule has 0 radical (unpaired) electrons. The van der Waals surface area contributed by atoms with Gasteiger partial charge in [-0.15, -0.1) is 0 Å². The largest absolute Gasteiger partial charge is 0.354 e. The first kappa shape index (κ1) is 17.7. The van der Waals surface area contributed by atoms with Gasteiger partial charge in [0, 0.05) is 27.2 Å². The monoisotopic (exact) mass is 402 g/mol. The Kier molecular flexibility index (Phi) is 3.65. The molecule has 0 amide bonds. The molecule has 0 aliphatic carbocycles. The van der Waals surface area contributed by atoms with Crippen LogP contribution in [-0.2, 0) is 0 Å². The number of H-pyrrole nitrogens is 1. The van der Waals surface area contributed by atoms with Gasteiger partial charge in [-0.05, 0) is 55.0 Å². The average Bonchev–Trinajstić information content (AvgIpc) is 2.80. The van der Waals surface area contributed by atoms with Crippen LogP contribution in [0.3, 0.4) is 0 Å². The quantitative estimate of drug-likeness (QED) is 0.372. The molecule has 6 aromatic rings. The van der Waals surface area contributed by atoms with Gasteiger partial charge in [0.2, 0.25) is 0 Å². The Balaban J connectivity index is 1.90. The van der Waals surface area contributed by atoms with Crippen LogP contribution < -0.4 is 10.9 Å². The predicted molar refractivity (Wildman–Crippen MR) is 127 cm³/mol. The first-order valence-electron chi connectivity index (χ1n) is 10.2. The Bertz CT molecular complexity index is 1780. The van der Waals surface area contributed by atoms with E-state index in [9.17, 15) is 9.59 Å². The molecular formula is C27H18N2O2. The molecule has 0 saturated heterocycles. The van der Waals surface area contributed by atoms with E-state index in [-0.39, 0.29) is 10.9 Å². The molecule has 2 aromatic heterocycles. The van der Waals surface area contributed by atoms with E-state index >= 15 is 0 Å². The smallest absolute Gasteiger partial charge is 0.197 e. The number of fused-ring (bicyclic) bond motifs is 4. The number of pyridine rings is 2. The molecule has 2 heterocycles. The summed E-state index contributed by atoms with van der Waals surface area (Å²) in [7, 11) is 0. The van der Waals surface area contributed by atoms with Crippen molar-refractivity contribution in [2.45, 2.75) is 6.92 Å². The van der Waals surface area contributed by atoms with Crippen LogP contribution in [0.5, 0.6) is 0 Å². The van der Waals surface area contributed by atoms with Crippen LogP contribution in [0.15, 0.2) is 94.5 Å². The van der Waals surface area contributed by atoms with Crippen LogP contribution in [0.1, 0.15) is 5.56 Å². The number of aromatic nitrogens is 2. The maximum absolute atomic E-state index is 13.4. The molecule has 0 bridgehead atoms. The summed E-state index contributed by atoms with van der Waals surface area (Å²) >= 11 is 0. The summed E-state index contributed by atoms with van der Waals surface area (Å²) in [5, 5.41) is 2.46. The van der Waals surface area contributed by atoms with Crippen molar-refractivity contribution < 1.29 is 0 Å². The van der Waals surface area contributed by atoms with Gasteiger partial charge < -0.3 is 9.55 Å². The molecule has 6 rings (SSSR count). The van der Waals surface area contributed by atoms with Crippen LogP contribution >= 0.6 is 0 Å². The molecule has 1 N–H and O–H groups in total. The van der Waals surface area contributed by atoms with Crippen LogP contribution in [0.25, 0.3) is 49.3 Å². The maximum Gasteiger partial charge on any atom is 0.197 e. The molecule has 148 valence electrons. The van der Waals surface area contributed by atoms with Crippen molar-refractivity contribution in [3.63, 3.8) is 0 Å². The van der Waals surface area contributed by atoms with E-state index < -0.39 is 0 Å². The van der Waals surface area contributed by atoms with E-state index in [0.717, 1.165) is 27.8 Å². The lowest BCUT2D eigenvalue weighted by atomic mass is 10.0. The summed E-state index contributed by atoms with van der Waals surface area (Å²) in [6, 6.07) is 26.9. The summed E-state index contributed by atoms with van der Waals surface area (Å²) in [4.78, 5) is 30.2. The molecular weight excluding hydrogens is 384 g/mol. The first-order chi connectivity index (χ1) is 15.1. The Morgan fingerprint density at radius 1 is 0.645 bits per heavy atom. The minimum Gasteiger partial charge on any atom is -0.354 e. The van der Waals surface area contributed by atoms with Gasteiger partial charge in [-0.3, -0.25) is 9.59 Å². The highest BCUT2D eigenvalue weighted by Gasteiger charge is 2.15. The number of hydrogen-bond donors (Lipinski definition) is 1. The molecule has 4 aromatic carbocycles. The number of rotatable bonds is 1. The van der Waals surface area contributed by atoms with Crippen LogP contribution in [0.2, 0.25) is 0 Å². The molecule has 4 heteroatoms. The molecule has 4 nitrogen and oxygen atoms in total. The van der Waals surface area contributed by atoms with Crippen LogP contribution in [-0.4, -0.2) is 9.55 Å². The normalized spacial score (nSPS) is 11.6. The third kappa shape index (κ3) is 2.48. The van der Waals surface area contributed by atoms with Crippen molar-refractivity contribution >= 4 is 43.6 Å². The number of nitrogens with one attached hydrogen (secondary N) is 1. The molecule has 0 aliphatic heterocycles. The van der Waals surface area contributed by atoms with Gasteiger partial charge in [0.15, 0.2) is 10.9 Å². The Morgan fingerprint density at radius 3 is 2.19 bits per heavy atom. The molecule has 0 fully saturated rings. The fourth-order valence-corrected chi connectivity index (χ4v) is 4.54. The highest BCUT2D eigenvalue weighted by atomic mass is 16.1. The number of nitrogens with zero attached hydrogens (tertiary/aromatic N) is 1. The Hall–Kier alpha value is -4.18. The van der Waals surface area contributed by atoms with E-state index in [1.54, 1.807) is 0 Å². The van der Waals surface area contributed by atoms with E-state index in [0.29, 0.717) is 27.1 Å². The SMILES string of the molecule is Cc1cccc2c(=O)c3cc4c(cc3[nH]c12)c(=O)c1ccccc1n4-c1ccccc1. The summed E-state index contributed by atoms with van der Waals surface area (Å²) in [5.41, 5.74) is 4.89. The molecule has 31 heavy (non-hydrogen) atoms. The number of aryl methyl sites for hydroxylation is 1. The zero-order valence-electron chi connectivity index (χ0n) is 16.8. The zero-order chi connectivity index (χ0) is 21.1. The Morgan fingerprint density at radius 2 is 1.35 bits per heavy atom. The second-order valence-electron chi connectivity index (χ2n) is 7.88. The zero-order valence-corrected chi connectivity index (χ0v) is 16.8. The number of benzene rings is 4. The minimum absolute atomic E-state index is 0.0328. The summed E-state index contributed by atoms with van der Waals surface area (Å²) < 4.78 is 2.06. The summed E-state index contributed by atoms with van der Waals surface area (Å²) in [6.07, 6.45) is 0. The maximum atomic E-state index is 13.4. The minimum atomic E-state index is -0.0367. The van der Waals surface area contributed by atoms with Gasteiger partial charge in [-0.25, -0.2) is 0 Å². The van der Waals surface area contributed by atoms with E-state index in [1.807, 2.05) is 91.9 Å². The second-order valence-corrected chi connectivity index (χ2v) is 7.88. The molecule has 0 spiro atoms. The topological polar surface area (TPSA) is 54.9 Å². The van der Waals surface area contributed by atoms with Crippen LogP contribution in [0.4, 0.5) is 0 Å². The average molecular weight is 402 g/mol. The van der Waals surface area contributed by atoms with Gasteiger partial charge in [0.1, 0.15) is 0 Å². The standard InChI is InChI=1S/C27H18N2O2/c1-16-8-7-12-19-25(16)28-22-14-21-24(15-20(22)27(19)31)29(17-9-3-2-4-10-17)23-13-6-5-11-18(23)26(21)30/h2-15H,1H3,(H,28,31). The fraction of sp³-hybridized carbons (Fsp3) is 0.0370. The van der Waals surface area contributed by atoms with Crippen molar-refractivity contribution in [1.82, 2.24) is 9.55 Å². The predicted octanol–water partition coefficient (Wildman–Crippen LogP) is 5.45. The first-order valence-corrected chi connectivity index (χ1v) is 10.2. The molecule has 0 unspecified atom stereocenters. The lowest BCUT2D eigenvalue weighted by molar-refractivity contribution is 1.16. The van der Waals surface area contributed by atoms with Gasteiger partial charge >= 0.3 is 0 Å². The fourth-order valence-electron chi connectivity index (χ4n) is 4.54. The summed E-state index contributed by atoms with van der Waals surface area (Å²) in [5.74, 6) is 0. The van der Waals surface area contributed by atoms with Gasteiger partial charge in [0.05, 0.1) is 22.1 Å². The second kappa shape index (κ2) is 6.41. The summed E-state index contributed by atoms with van der Waals surface area (Å²) in [6.45, 7) is 1.97. The van der Waals surface area contributed by atoms with Crippen molar-refractivity contribution in [1.29, 1.82) is 0 Å². The van der Waals surface area contributed by atoms with E-state index in [1.165, 1.54) is 0 Å². The highest BCUT2D eigenvalue weighted by molar-refractivity contribution is 6.04. The van der Waals surface area contributed by atoms with Gasteiger partial charge in [-0.2, -0.15) is 0 Å². The van der Waals surface area contributed by atoms with Crippen molar-refractivity contribution in [2.24, 2.45) is 0 Å². The lowest BCUT2D eigenvalue weighted by Crippen LogP contribution is -2.12. The molecule has 0 saturated carbocycles. The van der Waals surface area contributed by atoms with Gasteiger partial charge in [0.25, 0.3) is 0 Å². The van der Waals surface area contributed by atoms with Crippen molar-refractivity contribution in [3.8, 4) is 5.69 Å². The Labute approximate surface area is 177 Å². The number of para-hydroxylation sites is 3.